The fraction of sp³-hybridized carbons (Fsp3) is 0.368. The highest BCUT2D eigenvalue weighted by Gasteiger charge is 2.31. The van der Waals surface area contributed by atoms with E-state index >= 15 is 0 Å². The standard InChI is InChI=1S/C19H23N5O/c1-14-17(13-23(2)22-14)19-18(8-9-25-19)20-10-15-11-21-24(12-15)16-6-4-3-5-7-16/h3-7,11-13,18-20H,8-10H2,1-2H3/t18-,19+/m0/s1. The number of hydrogen-bond donors (Lipinski definition) is 1. The quantitative estimate of drug-likeness (QED) is 0.777. The highest BCUT2D eigenvalue weighted by atomic mass is 16.5. The second-order valence-electron chi connectivity index (χ2n) is 6.54. The third-order valence-electron chi connectivity index (χ3n) is 4.67. The Bertz CT molecular complexity index is 839. The SMILES string of the molecule is Cc1nn(C)cc1[C@H]1OCC[C@@H]1NCc1cnn(-c2ccccc2)c1. The van der Waals surface area contributed by atoms with Gasteiger partial charge in [-0.2, -0.15) is 10.2 Å². The molecule has 1 aromatic carbocycles. The van der Waals surface area contributed by atoms with Crippen molar-refractivity contribution in [3.05, 3.63) is 65.7 Å². The molecule has 2 aromatic heterocycles. The molecule has 0 radical (unpaired) electrons. The van der Waals surface area contributed by atoms with Crippen molar-refractivity contribution in [1.82, 2.24) is 24.9 Å². The molecule has 6 nitrogen and oxygen atoms in total. The van der Waals surface area contributed by atoms with Crippen LogP contribution < -0.4 is 5.32 Å². The van der Waals surface area contributed by atoms with E-state index in [2.05, 4.69) is 40.0 Å². The van der Waals surface area contributed by atoms with E-state index in [1.807, 2.05) is 47.7 Å². The molecular formula is C19H23N5O. The summed E-state index contributed by atoms with van der Waals surface area (Å²) in [5.41, 5.74) is 4.45. The van der Waals surface area contributed by atoms with Crippen LogP contribution in [-0.2, 0) is 18.3 Å². The Hall–Kier alpha value is -2.44. The Kier molecular flexibility index (Phi) is 4.38. The molecule has 1 saturated heterocycles. The maximum absolute atomic E-state index is 5.97. The van der Waals surface area contributed by atoms with E-state index in [4.69, 9.17) is 4.74 Å². The molecule has 0 amide bonds. The van der Waals surface area contributed by atoms with Crippen molar-refractivity contribution in [1.29, 1.82) is 0 Å². The van der Waals surface area contributed by atoms with Gasteiger partial charge < -0.3 is 10.1 Å². The maximum atomic E-state index is 5.97. The lowest BCUT2D eigenvalue weighted by Gasteiger charge is -2.19. The fourth-order valence-electron chi connectivity index (χ4n) is 3.42. The first kappa shape index (κ1) is 16.1. The van der Waals surface area contributed by atoms with Gasteiger partial charge in [0, 0.05) is 49.8 Å². The van der Waals surface area contributed by atoms with Crippen molar-refractivity contribution in [2.24, 2.45) is 7.05 Å². The van der Waals surface area contributed by atoms with Gasteiger partial charge >= 0.3 is 0 Å². The van der Waals surface area contributed by atoms with Crippen LogP contribution in [0.25, 0.3) is 5.69 Å². The van der Waals surface area contributed by atoms with E-state index in [0.717, 1.165) is 36.5 Å². The molecule has 1 fully saturated rings. The molecule has 3 aromatic rings. The Morgan fingerprint density at radius 1 is 1.24 bits per heavy atom. The summed E-state index contributed by atoms with van der Waals surface area (Å²) in [6.07, 6.45) is 7.12. The second-order valence-corrected chi connectivity index (χ2v) is 6.54. The third-order valence-corrected chi connectivity index (χ3v) is 4.67. The van der Waals surface area contributed by atoms with Crippen LogP contribution in [0.3, 0.4) is 0 Å². The lowest BCUT2D eigenvalue weighted by atomic mass is 10.0. The molecule has 1 aliphatic rings. The normalized spacial score (nSPS) is 20.2. The van der Waals surface area contributed by atoms with Crippen LogP contribution in [0.5, 0.6) is 0 Å². The molecule has 0 unspecified atom stereocenters. The lowest BCUT2D eigenvalue weighted by Crippen LogP contribution is -2.31. The molecule has 0 aliphatic carbocycles. The first-order valence-electron chi connectivity index (χ1n) is 8.65. The van der Waals surface area contributed by atoms with Crippen molar-refractivity contribution in [2.75, 3.05) is 6.61 Å². The Balaban J connectivity index is 1.43. The molecular weight excluding hydrogens is 314 g/mol. The summed E-state index contributed by atoms with van der Waals surface area (Å²) in [7, 11) is 1.95. The molecule has 1 aliphatic heterocycles. The molecule has 0 saturated carbocycles. The summed E-state index contributed by atoms with van der Waals surface area (Å²) in [6, 6.07) is 10.4. The average molecular weight is 337 g/mol. The zero-order chi connectivity index (χ0) is 17.2. The predicted molar refractivity (Wildman–Crippen MR) is 95.4 cm³/mol. The highest BCUT2D eigenvalue weighted by molar-refractivity contribution is 5.31. The van der Waals surface area contributed by atoms with Gasteiger partial charge in [0.15, 0.2) is 0 Å². The van der Waals surface area contributed by atoms with Gasteiger partial charge in [-0.05, 0) is 25.5 Å². The van der Waals surface area contributed by atoms with Crippen molar-refractivity contribution in [3.63, 3.8) is 0 Å². The van der Waals surface area contributed by atoms with Crippen LogP contribution in [-0.4, -0.2) is 32.2 Å². The van der Waals surface area contributed by atoms with Gasteiger partial charge in [-0.1, -0.05) is 18.2 Å². The topological polar surface area (TPSA) is 56.9 Å². The maximum Gasteiger partial charge on any atom is 0.101 e. The number of nitrogens with one attached hydrogen (secondary N) is 1. The van der Waals surface area contributed by atoms with E-state index in [-0.39, 0.29) is 6.10 Å². The van der Waals surface area contributed by atoms with Crippen LogP contribution in [0.1, 0.15) is 29.3 Å². The number of nitrogens with zero attached hydrogens (tertiary/aromatic N) is 4. The number of hydrogen-bond acceptors (Lipinski definition) is 4. The smallest absolute Gasteiger partial charge is 0.101 e. The first-order chi connectivity index (χ1) is 12.2. The van der Waals surface area contributed by atoms with Crippen LogP contribution in [0.4, 0.5) is 0 Å². The van der Waals surface area contributed by atoms with Gasteiger partial charge in [0.2, 0.25) is 0 Å². The van der Waals surface area contributed by atoms with E-state index in [9.17, 15) is 0 Å². The Morgan fingerprint density at radius 2 is 2.08 bits per heavy atom. The van der Waals surface area contributed by atoms with E-state index < -0.39 is 0 Å². The van der Waals surface area contributed by atoms with Crippen molar-refractivity contribution < 1.29 is 4.74 Å². The fourth-order valence-corrected chi connectivity index (χ4v) is 3.42. The number of ether oxygens (including phenoxy) is 1. The zero-order valence-corrected chi connectivity index (χ0v) is 14.6. The molecule has 1 N–H and O–H groups in total. The summed E-state index contributed by atoms with van der Waals surface area (Å²) >= 11 is 0. The van der Waals surface area contributed by atoms with Gasteiger partial charge in [0.25, 0.3) is 0 Å². The summed E-state index contributed by atoms with van der Waals surface area (Å²) in [5, 5.41) is 12.5. The van der Waals surface area contributed by atoms with Crippen LogP contribution >= 0.6 is 0 Å². The Labute approximate surface area is 147 Å². The van der Waals surface area contributed by atoms with Gasteiger partial charge in [-0.25, -0.2) is 4.68 Å². The molecule has 0 spiro atoms. The molecule has 130 valence electrons. The minimum atomic E-state index is 0.0675. The van der Waals surface area contributed by atoms with Crippen molar-refractivity contribution >= 4 is 0 Å². The molecule has 25 heavy (non-hydrogen) atoms. The highest BCUT2D eigenvalue weighted by Crippen LogP contribution is 2.31. The largest absolute Gasteiger partial charge is 0.372 e. The van der Waals surface area contributed by atoms with Crippen molar-refractivity contribution in [2.45, 2.75) is 32.0 Å². The minimum absolute atomic E-state index is 0.0675. The molecule has 0 bridgehead atoms. The predicted octanol–water partition coefficient (Wildman–Crippen LogP) is 2.53. The number of aromatic nitrogens is 4. The number of benzene rings is 1. The molecule has 6 heteroatoms. The Morgan fingerprint density at radius 3 is 2.84 bits per heavy atom. The van der Waals surface area contributed by atoms with Gasteiger partial charge in [-0.3, -0.25) is 4.68 Å². The second kappa shape index (κ2) is 6.82. The summed E-state index contributed by atoms with van der Waals surface area (Å²) in [5.74, 6) is 0. The van der Waals surface area contributed by atoms with E-state index in [1.165, 1.54) is 5.56 Å². The molecule has 4 rings (SSSR count). The van der Waals surface area contributed by atoms with Crippen LogP contribution in [0.2, 0.25) is 0 Å². The summed E-state index contributed by atoms with van der Waals surface area (Å²) in [4.78, 5) is 0. The number of aryl methyl sites for hydroxylation is 2. The number of para-hydroxylation sites is 1. The lowest BCUT2D eigenvalue weighted by molar-refractivity contribution is 0.0979. The molecule has 3 heterocycles. The minimum Gasteiger partial charge on any atom is -0.372 e. The molecule has 2 atom stereocenters. The zero-order valence-electron chi connectivity index (χ0n) is 14.6. The monoisotopic (exact) mass is 337 g/mol. The van der Waals surface area contributed by atoms with Gasteiger partial charge in [0.1, 0.15) is 6.10 Å². The number of rotatable bonds is 5. The van der Waals surface area contributed by atoms with E-state index in [1.54, 1.807) is 0 Å². The van der Waals surface area contributed by atoms with E-state index in [0.29, 0.717) is 6.04 Å². The summed E-state index contributed by atoms with van der Waals surface area (Å²) in [6.45, 7) is 3.59. The van der Waals surface area contributed by atoms with Crippen LogP contribution in [0, 0.1) is 6.92 Å². The van der Waals surface area contributed by atoms with Crippen molar-refractivity contribution in [3.8, 4) is 5.69 Å². The van der Waals surface area contributed by atoms with Crippen LogP contribution in [0.15, 0.2) is 48.9 Å². The van der Waals surface area contributed by atoms with Gasteiger partial charge in [0.05, 0.1) is 17.6 Å². The average Bonchev–Trinajstić information content (AvgIpc) is 3.33. The first-order valence-corrected chi connectivity index (χ1v) is 8.65. The third kappa shape index (κ3) is 3.36. The summed E-state index contributed by atoms with van der Waals surface area (Å²) < 4.78 is 9.73. The van der Waals surface area contributed by atoms with Gasteiger partial charge in [-0.15, -0.1) is 0 Å².